The molecule has 6 saturated carbocycles. The lowest BCUT2D eigenvalue weighted by Crippen LogP contribution is -2.54. The summed E-state index contributed by atoms with van der Waals surface area (Å²) in [6, 6.07) is 0. The first-order valence-electron chi connectivity index (χ1n) is 25.6. The van der Waals surface area contributed by atoms with Crippen molar-refractivity contribution in [2.24, 2.45) is 74.9 Å². The van der Waals surface area contributed by atoms with Gasteiger partial charge in [-0.2, -0.15) is 0 Å². The van der Waals surface area contributed by atoms with E-state index >= 15 is 0 Å². The molecule has 0 spiro atoms. The minimum atomic E-state index is -1.83. The Labute approximate surface area is 384 Å². The topological polar surface area (TPSA) is 79.2 Å². The summed E-state index contributed by atoms with van der Waals surface area (Å²) in [6.07, 6.45) is 15.7. The Bertz CT molecular complexity index is 1640. The molecule has 0 amide bonds. The zero-order valence-electron chi connectivity index (χ0n) is 43.1. The Morgan fingerprint density at radius 2 is 1.05 bits per heavy atom. The number of aliphatic hydroxyl groups excluding tert-OH is 3. The van der Waals surface area contributed by atoms with Crippen LogP contribution in [0, 0.1) is 74.9 Å². The van der Waals surface area contributed by atoms with Crippen LogP contribution in [0.25, 0.3) is 0 Å². The van der Waals surface area contributed by atoms with Crippen LogP contribution >= 0.6 is 0 Å². The Morgan fingerprint density at radius 3 is 1.52 bits per heavy atom. The summed E-state index contributed by atoms with van der Waals surface area (Å²) < 4.78 is 14.1. The fourth-order valence-corrected chi connectivity index (χ4v) is 16.6. The first-order valence-corrected chi connectivity index (χ1v) is 31.4. The molecule has 6 fully saturated rings. The van der Waals surface area contributed by atoms with Gasteiger partial charge in [-0.25, -0.2) is 0 Å². The van der Waals surface area contributed by atoms with Crippen molar-refractivity contribution < 1.29 is 24.2 Å². The summed E-state index contributed by atoms with van der Waals surface area (Å²) in [6.45, 7) is 46.6. The van der Waals surface area contributed by atoms with Crippen LogP contribution in [0.3, 0.4) is 0 Å². The zero-order valence-corrected chi connectivity index (χ0v) is 45.1. The van der Waals surface area contributed by atoms with Crippen LogP contribution in [-0.2, 0) is 8.85 Å². The van der Waals surface area contributed by atoms with Crippen LogP contribution in [0.15, 0.2) is 35.8 Å². The highest BCUT2D eigenvalue weighted by molar-refractivity contribution is 6.74. The number of fused-ring (bicyclic) bond motifs is 2. The Morgan fingerprint density at radius 1 is 0.597 bits per heavy atom. The molecule has 7 heteroatoms. The van der Waals surface area contributed by atoms with Crippen molar-refractivity contribution in [1.29, 1.82) is 0 Å². The van der Waals surface area contributed by atoms with Crippen LogP contribution in [0.4, 0.5) is 0 Å². The molecular weight excluding hydrogens is 797 g/mol. The summed E-state index contributed by atoms with van der Waals surface area (Å²) in [4.78, 5) is 0. The fraction of sp³-hybridized carbons (Fsp3) is 0.891. The second-order valence-electron chi connectivity index (χ2n) is 26.3. The van der Waals surface area contributed by atoms with Gasteiger partial charge in [0, 0.05) is 26.4 Å². The van der Waals surface area contributed by atoms with Crippen molar-refractivity contribution in [3.8, 4) is 0 Å². The van der Waals surface area contributed by atoms with Crippen LogP contribution < -0.4 is 0 Å². The van der Waals surface area contributed by atoms with Gasteiger partial charge in [0.2, 0.25) is 0 Å². The van der Waals surface area contributed by atoms with Gasteiger partial charge >= 0.3 is 0 Å². The number of allylic oxidation sites excluding steroid dienone is 2. The molecule has 14 atom stereocenters. The van der Waals surface area contributed by atoms with Crippen molar-refractivity contribution in [1.82, 2.24) is 0 Å². The predicted molar refractivity (Wildman–Crippen MR) is 266 cm³/mol. The zero-order chi connectivity index (χ0) is 46.5. The van der Waals surface area contributed by atoms with Gasteiger partial charge in [0.1, 0.15) is 0 Å². The molecule has 0 aromatic rings. The number of hydrogen-bond donors (Lipinski definition) is 3. The molecule has 0 radical (unpaired) electrons. The molecule has 0 heterocycles. The summed E-state index contributed by atoms with van der Waals surface area (Å²) in [5, 5.41) is 30.8. The highest BCUT2D eigenvalue weighted by Crippen LogP contribution is 2.66. The first-order chi connectivity index (χ1) is 28.6. The van der Waals surface area contributed by atoms with Crippen LogP contribution in [0.5, 0.6) is 0 Å². The van der Waals surface area contributed by atoms with E-state index in [1.807, 2.05) is 0 Å². The highest BCUT2D eigenvalue weighted by atomic mass is 28.4. The van der Waals surface area contributed by atoms with Gasteiger partial charge in [0.15, 0.2) is 16.6 Å². The molecule has 6 aliphatic rings. The fourth-order valence-electron chi connectivity index (χ4n) is 14.5. The maximum atomic E-state index is 10.3. The summed E-state index contributed by atoms with van der Waals surface area (Å²) in [7, 11) is -3.61. The van der Waals surface area contributed by atoms with Gasteiger partial charge in [0.25, 0.3) is 0 Å². The monoisotopic (exact) mass is 895 g/mol. The van der Waals surface area contributed by atoms with E-state index in [0.717, 1.165) is 57.7 Å². The third kappa shape index (κ3) is 9.81. The van der Waals surface area contributed by atoms with Gasteiger partial charge in [-0.05, 0) is 206 Å². The van der Waals surface area contributed by atoms with Gasteiger partial charge in [0.05, 0.1) is 6.10 Å². The van der Waals surface area contributed by atoms with Gasteiger partial charge in [-0.15, -0.1) is 11.5 Å². The second-order valence-corrected chi connectivity index (χ2v) is 35.9. The Kier molecular flexibility index (Phi) is 16.1. The maximum Gasteiger partial charge on any atom is 0.191 e. The van der Waals surface area contributed by atoms with E-state index in [1.165, 1.54) is 56.1 Å². The van der Waals surface area contributed by atoms with E-state index in [-0.39, 0.29) is 57.5 Å². The SMILES string of the molecule is C=C=C1CCC2[C@H](CO)C([C@@]3(C)CC[C@H](O)C[C@@H]3CO)CC[C@]12C.C=C=C1CCC2[C@H](CO[Si](C)(C)C(C)(C)C)C([C@@]3(C)CC[C@H](C)C[C@@H]3CO[Si](C)(C)C(C)(C)C)CC[C@]12C. The maximum absolute atomic E-state index is 10.3. The van der Waals surface area contributed by atoms with E-state index in [9.17, 15) is 15.3 Å². The standard InChI is InChI=1S/C34H64O2Si2.C21H34O3/c1-15-26-16-17-29-28(24-36-38(13,14)32(6,7)8)30(19-21-33(26,29)9)34(10)20-18-25(2)22-27(34)23-35-37(11,12)31(3,4)5;1-4-14-5-6-18-17(13-23)19(8-10-20(14,18)2)21(3)9-7-16(24)11-15(21)12-22/h25,27-30H,1,16-24H2,2-14H3;15-19,22-24H,1,5-13H2,2-3H3/t25-,27+,28-,29?,30?,33+,34-;15-,16+,17+,18?,19?,20-,21+/m01/s1. The quantitative estimate of drug-likeness (QED) is 0.150. The van der Waals surface area contributed by atoms with E-state index in [4.69, 9.17) is 8.85 Å². The highest BCUT2D eigenvalue weighted by Gasteiger charge is 2.59. The Balaban J connectivity index is 0.000000259. The molecule has 3 N–H and O–H groups in total. The Hall–Kier alpha value is -0.726. The van der Waals surface area contributed by atoms with Crippen LogP contribution in [0.1, 0.15) is 166 Å². The number of rotatable bonds is 10. The van der Waals surface area contributed by atoms with E-state index in [1.54, 1.807) is 0 Å². The minimum Gasteiger partial charge on any atom is -0.417 e. The average Bonchev–Trinajstić information content (AvgIpc) is 3.72. The van der Waals surface area contributed by atoms with Gasteiger partial charge < -0.3 is 24.2 Å². The van der Waals surface area contributed by atoms with E-state index < -0.39 is 16.6 Å². The molecule has 6 rings (SSSR count). The molecule has 5 nitrogen and oxygen atoms in total. The number of hydrogen-bond acceptors (Lipinski definition) is 5. The van der Waals surface area contributed by atoms with Crippen molar-refractivity contribution in [3.63, 3.8) is 0 Å². The summed E-state index contributed by atoms with van der Waals surface area (Å²) in [5.74, 6) is 4.78. The molecule has 0 aromatic carbocycles. The van der Waals surface area contributed by atoms with Crippen molar-refractivity contribution >= 4 is 16.6 Å². The van der Waals surface area contributed by atoms with Crippen molar-refractivity contribution in [2.45, 2.75) is 208 Å². The second kappa shape index (κ2) is 19.1. The lowest BCUT2D eigenvalue weighted by molar-refractivity contribution is -0.104. The van der Waals surface area contributed by atoms with Crippen molar-refractivity contribution in [3.05, 3.63) is 35.8 Å². The molecule has 62 heavy (non-hydrogen) atoms. The third-order valence-electron chi connectivity index (χ3n) is 21.2. The lowest BCUT2D eigenvalue weighted by atomic mass is 9.49. The lowest BCUT2D eigenvalue weighted by Gasteiger charge is -2.57. The molecule has 0 bridgehead atoms. The summed E-state index contributed by atoms with van der Waals surface area (Å²) >= 11 is 0. The largest absolute Gasteiger partial charge is 0.417 e. The molecule has 0 aliphatic heterocycles. The normalized spacial score (nSPS) is 41.7. The molecule has 0 saturated heterocycles. The van der Waals surface area contributed by atoms with Crippen LogP contribution in [-0.4, -0.2) is 64.5 Å². The summed E-state index contributed by atoms with van der Waals surface area (Å²) in [5.41, 5.74) is 10.2. The minimum absolute atomic E-state index is 0.0172. The molecule has 4 unspecified atom stereocenters. The average molecular weight is 896 g/mol. The molecule has 0 aromatic heterocycles. The van der Waals surface area contributed by atoms with E-state index in [2.05, 4.69) is 127 Å². The molecular formula is C55H98O5Si2. The van der Waals surface area contributed by atoms with Crippen LogP contribution in [0.2, 0.25) is 36.3 Å². The third-order valence-corrected chi connectivity index (χ3v) is 30.2. The van der Waals surface area contributed by atoms with Gasteiger partial charge in [-0.1, -0.05) is 95.7 Å². The first kappa shape index (κ1) is 52.2. The smallest absolute Gasteiger partial charge is 0.191 e. The van der Waals surface area contributed by atoms with Crippen molar-refractivity contribution in [2.75, 3.05) is 26.4 Å². The molecule has 6 aliphatic carbocycles. The number of aliphatic hydroxyl groups is 3. The van der Waals surface area contributed by atoms with Gasteiger partial charge in [-0.3, -0.25) is 0 Å². The predicted octanol–water partition coefficient (Wildman–Crippen LogP) is 13.9. The van der Waals surface area contributed by atoms with E-state index in [0.29, 0.717) is 47.3 Å². The molecule has 356 valence electrons.